The fourth-order valence-corrected chi connectivity index (χ4v) is 10.1. The molecule has 0 aliphatic carbocycles. The number of hydrogen-bond acceptors (Lipinski definition) is 4. The number of rotatable bonds is 3. The van der Waals surface area contributed by atoms with Crippen LogP contribution < -0.4 is 26.2 Å². The molecule has 5 heteroatoms. The van der Waals surface area contributed by atoms with Gasteiger partial charge in [-0.3, -0.25) is 0 Å². The van der Waals surface area contributed by atoms with Crippen molar-refractivity contribution in [3.05, 3.63) is 175 Å². The quantitative estimate of drug-likeness (QED) is 0.167. The maximum absolute atomic E-state index is 6.77. The van der Waals surface area contributed by atoms with Crippen molar-refractivity contribution in [2.45, 2.75) is 52.4 Å². The lowest BCUT2D eigenvalue weighted by atomic mass is 9.33. The van der Waals surface area contributed by atoms with Crippen LogP contribution in [0.15, 0.2) is 173 Å². The van der Waals surface area contributed by atoms with Crippen LogP contribution in [0, 0.1) is 0 Å². The highest BCUT2D eigenvalue weighted by atomic mass is 16.3. The number of hydrogen-bond donors (Lipinski definition) is 0. The largest absolute Gasteiger partial charge is 0.455 e. The molecule has 4 nitrogen and oxygen atoms in total. The van der Waals surface area contributed by atoms with Gasteiger partial charge in [0.2, 0.25) is 0 Å². The van der Waals surface area contributed by atoms with Crippen LogP contribution in [0.3, 0.4) is 0 Å². The van der Waals surface area contributed by atoms with Crippen molar-refractivity contribution in [1.29, 1.82) is 0 Å². The van der Waals surface area contributed by atoms with Crippen LogP contribution in [0.1, 0.15) is 52.7 Å². The molecule has 294 valence electrons. The highest BCUT2D eigenvalue weighted by Crippen LogP contribution is 2.48. The van der Waals surface area contributed by atoms with E-state index in [2.05, 4.69) is 209 Å². The van der Waals surface area contributed by atoms with Gasteiger partial charge in [-0.05, 0) is 98.5 Å². The Morgan fingerprint density at radius 3 is 1.52 bits per heavy atom. The third-order valence-electron chi connectivity index (χ3n) is 13.2. The molecule has 2 aliphatic rings. The second kappa shape index (κ2) is 12.8. The molecule has 0 saturated carbocycles. The molecule has 61 heavy (non-hydrogen) atoms. The van der Waals surface area contributed by atoms with Gasteiger partial charge in [0.15, 0.2) is 5.58 Å². The number of benzene rings is 8. The number of para-hydroxylation sites is 4. The zero-order chi connectivity index (χ0) is 41.4. The van der Waals surface area contributed by atoms with Crippen LogP contribution in [0.5, 0.6) is 0 Å². The van der Waals surface area contributed by atoms with Gasteiger partial charge in [-0.15, -0.1) is 0 Å². The van der Waals surface area contributed by atoms with Gasteiger partial charge in [0.25, 0.3) is 6.71 Å². The van der Waals surface area contributed by atoms with E-state index >= 15 is 0 Å². The summed E-state index contributed by atoms with van der Waals surface area (Å²) in [5, 5.41) is 4.52. The fraction of sp³-hybridized carbons (Fsp3) is 0.143. The lowest BCUT2D eigenvalue weighted by Gasteiger charge is -2.44. The van der Waals surface area contributed by atoms with Gasteiger partial charge in [0, 0.05) is 55.5 Å². The van der Waals surface area contributed by atoms with Crippen molar-refractivity contribution in [3.63, 3.8) is 0 Å². The summed E-state index contributed by atoms with van der Waals surface area (Å²) in [4.78, 5) is 4.96. The van der Waals surface area contributed by atoms with Crippen molar-refractivity contribution in [2.75, 3.05) is 9.80 Å². The molecule has 0 radical (unpaired) electrons. The van der Waals surface area contributed by atoms with Gasteiger partial charge in [0.05, 0.1) is 5.69 Å². The average Bonchev–Trinajstić information content (AvgIpc) is 3.84. The molecular weight excluding hydrogens is 743 g/mol. The smallest absolute Gasteiger partial charge is 0.252 e. The molecule has 0 unspecified atom stereocenters. The summed E-state index contributed by atoms with van der Waals surface area (Å²) in [5.74, 6) is 0. The highest BCUT2D eigenvalue weighted by molar-refractivity contribution is 7.00. The summed E-state index contributed by atoms with van der Waals surface area (Å²) in [6.45, 7) is 13.9. The molecular formula is C56H45BN2O2. The van der Waals surface area contributed by atoms with Gasteiger partial charge in [0.1, 0.15) is 16.7 Å². The topological polar surface area (TPSA) is 32.8 Å². The molecule has 0 atom stereocenters. The predicted octanol–water partition coefficient (Wildman–Crippen LogP) is 13.8. The predicted molar refractivity (Wildman–Crippen MR) is 258 cm³/mol. The number of anilines is 6. The third kappa shape index (κ3) is 5.32. The van der Waals surface area contributed by atoms with E-state index in [1.165, 1.54) is 44.6 Å². The van der Waals surface area contributed by atoms with E-state index in [0.717, 1.165) is 72.1 Å². The molecule has 0 bridgehead atoms. The average molecular weight is 789 g/mol. The molecule has 12 rings (SSSR count). The van der Waals surface area contributed by atoms with Gasteiger partial charge in [-0.25, -0.2) is 0 Å². The Morgan fingerprint density at radius 2 is 0.902 bits per heavy atom. The van der Waals surface area contributed by atoms with Crippen LogP contribution in [-0.2, 0) is 10.8 Å². The minimum Gasteiger partial charge on any atom is -0.455 e. The monoisotopic (exact) mass is 788 g/mol. The van der Waals surface area contributed by atoms with E-state index in [1.807, 2.05) is 6.07 Å². The number of furan rings is 2. The Bertz CT molecular complexity index is 3410. The van der Waals surface area contributed by atoms with Crippen LogP contribution >= 0.6 is 0 Å². The molecule has 2 aromatic heterocycles. The van der Waals surface area contributed by atoms with Gasteiger partial charge < -0.3 is 18.6 Å². The summed E-state index contributed by atoms with van der Waals surface area (Å²) in [7, 11) is 0. The summed E-state index contributed by atoms with van der Waals surface area (Å²) >= 11 is 0. The van der Waals surface area contributed by atoms with Crippen molar-refractivity contribution in [3.8, 4) is 11.1 Å². The standard InChI is InChI=1S/C56H45BN2O2/c1-55(2,3)35-26-30-45-43(32-35)57-44-33-36(56(4,5)6)27-31-46(44)59(49-21-12-18-42-40-15-8-10-23-51(40)61-54(42)49)48-20-13-19-47(52(48)57)58(45)37-28-24-34(25-29-37)38-16-11-17-41-39-14-7-9-22-50(39)60-53(38)41/h7-33H,1-6H3. The Balaban J connectivity index is 1.10. The molecule has 0 saturated heterocycles. The van der Waals surface area contributed by atoms with E-state index in [9.17, 15) is 0 Å². The molecule has 10 aromatic rings. The Kier molecular flexibility index (Phi) is 7.52. The maximum Gasteiger partial charge on any atom is 0.252 e. The highest BCUT2D eigenvalue weighted by Gasteiger charge is 2.44. The zero-order valence-corrected chi connectivity index (χ0v) is 35.4. The molecule has 0 N–H and O–H groups in total. The normalized spacial score (nSPS) is 13.6. The minimum atomic E-state index is -0.0381. The van der Waals surface area contributed by atoms with E-state index in [1.54, 1.807) is 0 Å². The summed E-state index contributed by atoms with van der Waals surface area (Å²) in [6, 6.07) is 60.0. The van der Waals surface area contributed by atoms with Crippen LogP contribution in [0.25, 0.3) is 55.0 Å². The molecule has 4 heterocycles. The summed E-state index contributed by atoms with van der Waals surface area (Å²) < 4.78 is 13.3. The molecule has 8 aromatic carbocycles. The first-order valence-electron chi connectivity index (χ1n) is 21.5. The molecule has 0 spiro atoms. The van der Waals surface area contributed by atoms with E-state index < -0.39 is 0 Å². The Hall–Kier alpha value is -6.98. The summed E-state index contributed by atoms with van der Waals surface area (Å²) in [5.41, 5.74) is 19.2. The van der Waals surface area contributed by atoms with E-state index in [-0.39, 0.29) is 17.5 Å². The lowest BCUT2D eigenvalue weighted by Crippen LogP contribution is -2.61. The first-order valence-corrected chi connectivity index (χ1v) is 21.5. The SMILES string of the molecule is CC(C)(C)c1ccc2c(c1)B1c3cc(C(C)(C)C)ccc3N(c3cccc4c3oc3ccccc34)c3cccc(c31)N2c1ccc(-c2cccc3c2oc2ccccc23)cc1. The maximum atomic E-state index is 6.77. The lowest BCUT2D eigenvalue weighted by molar-refractivity contribution is 0.590. The van der Waals surface area contributed by atoms with Crippen LogP contribution in [0.2, 0.25) is 0 Å². The number of fused-ring (bicyclic) bond motifs is 10. The van der Waals surface area contributed by atoms with E-state index in [4.69, 9.17) is 8.83 Å². The van der Waals surface area contributed by atoms with Gasteiger partial charge in [-0.2, -0.15) is 0 Å². The fourth-order valence-electron chi connectivity index (χ4n) is 10.1. The number of nitrogens with zero attached hydrogens (tertiary/aromatic N) is 2. The minimum absolute atomic E-state index is 0.00753. The van der Waals surface area contributed by atoms with Crippen molar-refractivity contribution >= 4 is 101 Å². The first kappa shape index (κ1) is 35.9. The first-order chi connectivity index (χ1) is 29.5. The molecule has 0 fully saturated rings. The van der Waals surface area contributed by atoms with Crippen molar-refractivity contribution in [1.82, 2.24) is 0 Å². The van der Waals surface area contributed by atoms with Crippen LogP contribution in [0.4, 0.5) is 34.1 Å². The van der Waals surface area contributed by atoms with E-state index in [0.29, 0.717) is 0 Å². The van der Waals surface area contributed by atoms with Crippen molar-refractivity contribution < 1.29 is 8.83 Å². The Labute approximate surface area is 356 Å². The molecule has 0 amide bonds. The second-order valence-corrected chi connectivity index (χ2v) is 18.9. The third-order valence-corrected chi connectivity index (χ3v) is 13.2. The van der Waals surface area contributed by atoms with Crippen LogP contribution in [-0.4, -0.2) is 6.71 Å². The second-order valence-electron chi connectivity index (χ2n) is 18.9. The zero-order valence-electron chi connectivity index (χ0n) is 35.4. The Morgan fingerprint density at radius 1 is 0.410 bits per heavy atom. The summed E-state index contributed by atoms with van der Waals surface area (Å²) in [6.07, 6.45) is 0. The van der Waals surface area contributed by atoms with Gasteiger partial charge >= 0.3 is 0 Å². The van der Waals surface area contributed by atoms with Gasteiger partial charge in [-0.1, -0.05) is 151 Å². The molecule has 2 aliphatic heterocycles. The van der Waals surface area contributed by atoms with Crippen molar-refractivity contribution in [2.24, 2.45) is 0 Å².